The van der Waals surface area contributed by atoms with E-state index >= 15 is 0 Å². The first-order valence-corrected chi connectivity index (χ1v) is 10.4. The van der Waals surface area contributed by atoms with Crippen LogP contribution in [0.2, 0.25) is 0 Å². The topological polar surface area (TPSA) is 118 Å². The van der Waals surface area contributed by atoms with Crippen LogP contribution in [-0.2, 0) is 27.2 Å². The monoisotopic (exact) mass is 447 g/mol. The average Bonchev–Trinajstić information content (AvgIpc) is 2.85. The molecule has 33 heavy (non-hydrogen) atoms. The summed E-state index contributed by atoms with van der Waals surface area (Å²) in [5.74, 6) is -1.47. The molecule has 2 atom stereocenters. The van der Waals surface area contributed by atoms with Crippen LogP contribution >= 0.6 is 0 Å². The van der Waals surface area contributed by atoms with E-state index in [0.717, 1.165) is 11.1 Å². The molecular formula is C25H25N3O5. The zero-order valence-electron chi connectivity index (χ0n) is 18.1. The highest BCUT2D eigenvalue weighted by atomic mass is 16.5. The SMILES string of the molecule is COC(=O)[C@H](Cc1ccc(O)cc1)NC(=O)[C@H](Cc1ccccc1)NC(=O)c1ccncc1. The van der Waals surface area contributed by atoms with Gasteiger partial charge in [0.2, 0.25) is 5.91 Å². The summed E-state index contributed by atoms with van der Waals surface area (Å²) in [4.78, 5) is 42.2. The van der Waals surface area contributed by atoms with E-state index in [1.807, 2.05) is 30.3 Å². The van der Waals surface area contributed by atoms with Gasteiger partial charge in [0.25, 0.3) is 5.91 Å². The number of amides is 2. The van der Waals surface area contributed by atoms with Gasteiger partial charge in [-0.1, -0.05) is 42.5 Å². The predicted octanol–water partition coefficient (Wildman–Crippen LogP) is 2.03. The van der Waals surface area contributed by atoms with E-state index < -0.39 is 29.9 Å². The molecule has 0 spiro atoms. The van der Waals surface area contributed by atoms with Gasteiger partial charge in [0, 0.05) is 30.8 Å². The van der Waals surface area contributed by atoms with Crippen LogP contribution in [0, 0.1) is 0 Å². The Hall–Kier alpha value is -4.20. The fourth-order valence-electron chi connectivity index (χ4n) is 3.28. The molecule has 0 aliphatic rings. The van der Waals surface area contributed by atoms with Crippen LogP contribution in [-0.4, -0.2) is 47.1 Å². The normalized spacial score (nSPS) is 12.3. The Bertz CT molecular complexity index is 1070. The van der Waals surface area contributed by atoms with E-state index in [2.05, 4.69) is 15.6 Å². The zero-order valence-corrected chi connectivity index (χ0v) is 18.1. The molecule has 2 amide bonds. The number of rotatable bonds is 9. The first-order chi connectivity index (χ1) is 16.0. The lowest BCUT2D eigenvalue weighted by Crippen LogP contribution is -2.53. The number of hydrogen-bond donors (Lipinski definition) is 3. The number of nitrogens with zero attached hydrogens (tertiary/aromatic N) is 1. The number of ether oxygens (including phenoxy) is 1. The quantitative estimate of drug-likeness (QED) is 0.432. The maximum Gasteiger partial charge on any atom is 0.328 e. The fraction of sp³-hybridized carbons (Fsp3) is 0.200. The second-order valence-electron chi connectivity index (χ2n) is 7.41. The minimum absolute atomic E-state index is 0.0964. The third-order valence-electron chi connectivity index (χ3n) is 5.03. The number of phenolic OH excluding ortho intramolecular Hbond substituents is 1. The molecule has 0 aliphatic heterocycles. The van der Waals surface area contributed by atoms with E-state index in [9.17, 15) is 19.5 Å². The van der Waals surface area contributed by atoms with Crippen molar-refractivity contribution in [1.29, 1.82) is 0 Å². The van der Waals surface area contributed by atoms with Crippen molar-refractivity contribution in [2.24, 2.45) is 0 Å². The molecule has 1 aromatic heterocycles. The van der Waals surface area contributed by atoms with Crippen molar-refractivity contribution in [2.45, 2.75) is 24.9 Å². The van der Waals surface area contributed by atoms with Crippen molar-refractivity contribution in [1.82, 2.24) is 15.6 Å². The van der Waals surface area contributed by atoms with Gasteiger partial charge in [0.15, 0.2) is 0 Å². The number of aromatic nitrogens is 1. The molecular weight excluding hydrogens is 422 g/mol. The molecule has 170 valence electrons. The largest absolute Gasteiger partial charge is 0.508 e. The molecule has 3 aromatic rings. The lowest BCUT2D eigenvalue weighted by atomic mass is 10.0. The number of methoxy groups -OCH3 is 1. The summed E-state index contributed by atoms with van der Waals surface area (Å²) in [6.45, 7) is 0. The highest BCUT2D eigenvalue weighted by Gasteiger charge is 2.28. The van der Waals surface area contributed by atoms with E-state index in [0.29, 0.717) is 5.56 Å². The lowest BCUT2D eigenvalue weighted by Gasteiger charge is -2.22. The van der Waals surface area contributed by atoms with Gasteiger partial charge >= 0.3 is 5.97 Å². The second-order valence-corrected chi connectivity index (χ2v) is 7.41. The molecule has 0 aliphatic carbocycles. The Morgan fingerprint density at radius 3 is 2.09 bits per heavy atom. The Morgan fingerprint density at radius 2 is 1.45 bits per heavy atom. The van der Waals surface area contributed by atoms with Gasteiger partial charge in [0.05, 0.1) is 7.11 Å². The number of nitrogens with one attached hydrogen (secondary N) is 2. The fourth-order valence-corrected chi connectivity index (χ4v) is 3.28. The van der Waals surface area contributed by atoms with Gasteiger partial charge in [-0.3, -0.25) is 14.6 Å². The summed E-state index contributed by atoms with van der Waals surface area (Å²) in [7, 11) is 1.24. The lowest BCUT2D eigenvalue weighted by molar-refractivity contribution is -0.145. The van der Waals surface area contributed by atoms with Crippen molar-refractivity contribution in [3.63, 3.8) is 0 Å². The molecule has 0 fully saturated rings. The minimum atomic E-state index is -0.969. The third-order valence-corrected chi connectivity index (χ3v) is 5.03. The molecule has 0 radical (unpaired) electrons. The summed E-state index contributed by atoms with van der Waals surface area (Å²) < 4.78 is 4.86. The van der Waals surface area contributed by atoms with Crippen LogP contribution < -0.4 is 10.6 Å². The number of phenols is 1. The number of pyridine rings is 1. The number of hydrogen-bond acceptors (Lipinski definition) is 6. The Balaban J connectivity index is 1.79. The molecule has 1 heterocycles. The van der Waals surface area contributed by atoms with Gasteiger partial charge in [-0.15, -0.1) is 0 Å². The highest BCUT2D eigenvalue weighted by molar-refractivity contribution is 5.98. The molecule has 0 saturated carbocycles. The van der Waals surface area contributed by atoms with Crippen LogP contribution in [0.1, 0.15) is 21.5 Å². The third kappa shape index (κ3) is 6.90. The van der Waals surface area contributed by atoms with Crippen LogP contribution in [0.25, 0.3) is 0 Å². The summed E-state index contributed by atoms with van der Waals surface area (Å²) in [5, 5.41) is 14.9. The first-order valence-electron chi connectivity index (χ1n) is 10.4. The number of benzene rings is 2. The van der Waals surface area contributed by atoms with E-state index in [1.165, 1.54) is 31.6 Å². The van der Waals surface area contributed by atoms with Gasteiger partial charge in [0.1, 0.15) is 17.8 Å². The number of carbonyl (C=O) groups excluding carboxylic acids is 3. The average molecular weight is 447 g/mol. The number of esters is 1. The first kappa shape index (κ1) is 23.5. The molecule has 8 nitrogen and oxygen atoms in total. The number of carbonyl (C=O) groups is 3. The highest BCUT2D eigenvalue weighted by Crippen LogP contribution is 2.12. The molecule has 2 aromatic carbocycles. The van der Waals surface area contributed by atoms with E-state index in [4.69, 9.17) is 4.74 Å². The van der Waals surface area contributed by atoms with Crippen molar-refractivity contribution >= 4 is 17.8 Å². The van der Waals surface area contributed by atoms with Gasteiger partial charge in [-0.05, 0) is 35.4 Å². The minimum Gasteiger partial charge on any atom is -0.508 e. The van der Waals surface area contributed by atoms with Crippen LogP contribution in [0.5, 0.6) is 5.75 Å². The maximum absolute atomic E-state index is 13.2. The molecule has 8 heteroatoms. The molecule has 3 N–H and O–H groups in total. The van der Waals surface area contributed by atoms with Gasteiger partial charge in [-0.2, -0.15) is 0 Å². The van der Waals surface area contributed by atoms with Crippen molar-refractivity contribution in [2.75, 3.05) is 7.11 Å². The summed E-state index contributed by atoms with van der Waals surface area (Å²) in [5.41, 5.74) is 1.94. The van der Waals surface area contributed by atoms with Crippen LogP contribution in [0.4, 0.5) is 0 Å². The Labute approximate surface area is 191 Å². The predicted molar refractivity (Wildman–Crippen MR) is 121 cm³/mol. The van der Waals surface area contributed by atoms with Crippen molar-refractivity contribution < 1.29 is 24.2 Å². The van der Waals surface area contributed by atoms with Gasteiger partial charge in [-0.25, -0.2) is 4.79 Å². The smallest absolute Gasteiger partial charge is 0.328 e. The molecule has 0 saturated heterocycles. The van der Waals surface area contributed by atoms with E-state index in [1.54, 1.807) is 24.3 Å². The maximum atomic E-state index is 13.2. The van der Waals surface area contributed by atoms with E-state index in [-0.39, 0.29) is 18.6 Å². The molecule has 0 unspecified atom stereocenters. The zero-order chi connectivity index (χ0) is 23.6. The summed E-state index contributed by atoms with van der Waals surface area (Å²) in [6, 6.07) is 16.8. The summed E-state index contributed by atoms with van der Waals surface area (Å²) in [6.07, 6.45) is 3.38. The Morgan fingerprint density at radius 1 is 0.848 bits per heavy atom. The molecule has 0 bridgehead atoms. The van der Waals surface area contributed by atoms with Crippen LogP contribution in [0.15, 0.2) is 79.1 Å². The van der Waals surface area contributed by atoms with Crippen LogP contribution in [0.3, 0.4) is 0 Å². The standard InChI is InChI=1S/C25H25N3O5/c1-33-25(32)22(16-18-7-9-20(29)10-8-18)28-24(31)21(15-17-5-3-2-4-6-17)27-23(30)19-11-13-26-14-12-19/h2-14,21-22,29H,15-16H2,1H3,(H,27,30)(H,28,31)/t21-,22-/m0/s1. The van der Waals surface area contributed by atoms with Crippen molar-refractivity contribution in [3.05, 3.63) is 95.8 Å². The Kier molecular flexibility index (Phi) is 8.13. The van der Waals surface area contributed by atoms with Crippen molar-refractivity contribution in [3.8, 4) is 5.75 Å². The van der Waals surface area contributed by atoms with Gasteiger partial charge < -0.3 is 20.5 Å². The second kappa shape index (κ2) is 11.4. The number of aromatic hydroxyl groups is 1. The summed E-state index contributed by atoms with van der Waals surface area (Å²) >= 11 is 0. The molecule has 3 rings (SSSR count).